The fraction of sp³-hybridized carbons (Fsp3) is 0.320. The van der Waals surface area contributed by atoms with Gasteiger partial charge in [-0.2, -0.15) is 13.9 Å². The molecule has 0 saturated carbocycles. The Morgan fingerprint density at radius 3 is 2.85 bits per heavy atom. The number of rotatable bonds is 6. The Hall–Kier alpha value is -3.91. The van der Waals surface area contributed by atoms with E-state index in [0.717, 1.165) is 12.3 Å². The molecule has 2 fully saturated rings. The molecule has 2 aromatic heterocycles. The highest BCUT2D eigenvalue weighted by Gasteiger charge is 2.57. The van der Waals surface area contributed by atoms with E-state index in [1.165, 1.54) is 41.5 Å². The summed E-state index contributed by atoms with van der Waals surface area (Å²) in [5, 5.41) is 6.53. The first-order chi connectivity index (χ1) is 19.2. The van der Waals surface area contributed by atoms with Gasteiger partial charge in [0.2, 0.25) is 0 Å². The molecule has 2 saturated heterocycles. The van der Waals surface area contributed by atoms with Gasteiger partial charge in [-0.3, -0.25) is 14.7 Å². The summed E-state index contributed by atoms with van der Waals surface area (Å²) >= 11 is 7.82. The number of hydrogen-bond acceptors (Lipinski definition) is 9. The van der Waals surface area contributed by atoms with Crippen LogP contribution in [0.2, 0.25) is 5.02 Å². The summed E-state index contributed by atoms with van der Waals surface area (Å²) in [4.78, 5) is 37.5. The molecular weight excluding hydrogens is 573 g/mol. The van der Waals surface area contributed by atoms with Crippen LogP contribution < -0.4 is 0 Å². The zero-order valence-corrected chi connectivity index (χ0v) is 22.3. The molecule has 0 N–H and O–H groups in total. The molecule has 0 aliphatic carbocycles. The number of aliphatic imine (C=N–C) groups is 1. The Balaban J connectivity index is 1.57. The molecule has 3 aliphatic rings. The van der Waals surface area contributed by atoms with E-state index < -0.39 is 36.0 Å². The molecule has 3 aromatic rings. The monoisotopic (exact) mass is 592 g/mol. The van der Waals surface area contributed by atoms with Crippen molar-refractivity contribution in [1.29, 1.82) is 0 Å². The minimum Gasteiger partial charge on any atom is -0.468 e. The number of fused-ring (bicyclic) bond motifs is 1. The van der Waals surface area contributed by atoms with Gasteiger partial charge >= 0.3 is 18.6 Å². The lowest BCUT2D eigenvalue weighted by Gasteiger charge is -2.33. The lowest BCUT2D eigenvalue weighted by Crippen LogP contribution is -2.51. The fourth-order valence-corrected chi connectivity index (χ4v) is 6.20. The van der Waals surface area contributed by atoms with Crippen molar-refractivity contribution in [2.75, 3.05) is 26.8 Å². The van der Waals surface area contributed by atoms with Crippen molar-refractivity contribution in [3.63, 3.8) is 0 Å². The molecule has 40 heavy (non-hydrogen) atoms. The second-order valence-corrected chi connectivity index (χ2v) is 10.7. The summed E-state index contributed by atoms with van der Waals surface area (Å²) in [6.07, 6.45) is 2.26. The molecule has 0 radical (unpaired) electrons. The van der Waals surface area contributed by atoms with E-state index in [9.17, 15) is 22.8 Å². The zero-order chi connectivity index (χ0) is 28.2. The Morgan fingerprint density at radius 1 is 1.35 bits per heavy atom. The predicted octanol–water partition coefficient (Wildman–Crippen LogP) is 4.51. The van der Waals surface area contributed by atoms with E-state index in [-0.39, 0.29) is 36.8 Å². The fourth-order valence-electron chi connectivity index (χ4n) is 5.29. The van der Waals surface area contributed by atoms with Crippen LogP contribution in [0.25, 0.3) is 5.57 Å². The third kappa shape index (κ3) is 4.31. The maximum atomic E-state index is 14.0. The Labute approximate surface area is 234 Å². The van der Waals surface area contributed by atoms with Gasteiger partial charge in [-0.15, -0.1) is 11.3 Å². The number of halogens is 4. The van der Waals surface area contributed by atoms with Crippen LogP contribution in [0, 0.1) is 5.82 Å². The normalized spacial score (nSPS) is 22.3. The average molecular weight is 593 g/mol. The number of methoxy groups -OCH3 is 1. The molecule has 2 atom stereocenters. The molecule has 10 nitrogen and oxygen atoms in total. The Kier molecular flexibility index (Phi) is 6.53. The summed E-state index contributed by atoms with van der Waals surface area (Å²) < 4.78 is 51.8. The van der Waals surface area contributed by atoms with Gasteiger partial charge < -0.3 is 14.4 Å². The van der Waals surface area contributed by atoms with Crippen molar-refractivity contribution >= 4 is 46.4 Å². The number of carbonyl (C=O) groups excluding carboxylic acids is 2. The maximum Gasteiger partial charge on any atom is 0.411 e. The van der Waals surface area contributed by atoms with Crippen LogP contribution in [0.3, 0.4) is 0 Å². The highest BCUT2D eigenvalue weighted by molar-refractivity contribution is 7.11. The molecule has 3 aliphatic heterocycles. The number of thiazole rings is 1. The largest absolute Gasteiger partial charge is 0.468 e. The Morgan fingerprint density at radius 2 is 2.17 bits per heavy atom. The Bertz CT molecular complexity index is 1560. The molecule has 6 rings (SSSR count). The molecule has 15 heteroatoms. The second kappa shape index (κ2) is 9.93. The number of amidine groups is 1. The number of amides is 1. The zero-order valence-electron chi connectivity index (χ0n) is 20.8. The van der Waals surface area contributed by atoms with Crippen LogP contribution in [-0.2, 0) is 14.3 Å². The SMILES string of the molecule is COC(=O)CN1C(=O)OC[C@@]12CC1=C(c3ccn(C(F)F)n3)[C@H](c3ccc(F)cc3Cl)N=C(c3nccs3)N1C2. The van der Waals surface area contributed by atoms with Gasteiger partial charge in [-0.05, 0) is 18.2 Å². The molecule has 1 amide bonds. The van der Waals surface area contributed by atoms with Crippen LogP contribution in [0.5, 0.6) is 0 Å². The van der Waals surface area contributed by atoms with Gasteiger partial charge in [-0.1, -0.05) is 17.7 Å². The van der Waals surface area contributed by atoms with Crippen LogP contribution in [0.1, 0.15) is 35.3 Å². The molecule has 1 spiro atoms. The molecular formula is C25H20ClF3N6O4S. The van der Waals surface area contributed by atoms with Gasteiger partial charge in [0.25, 0.3) is 0 Å². The smallest absolute Gasteiger partial charge is 0.411 e. The van der Waals surface area contributed by atoms with Crippen molar-refractivity contribution in [2.24, 2.45) is 4.99 Å². The highest BCUT2D eigenvalue weighted by Crippen LogP contribution is 2.50. The van der Waals surface area contributed by atoms with E-state index in [0.29, 0.717) is 32.4 Å². The van der Waals surface area contributed by atoms with Crippen LogP contribution in [-0.4, -0.2) is 74.8 Å². The average Bonchev–Trinajstić information content (AvgIpc) is 3.72. The van der Waals surface area contributed by atoms with E-state index in [4.69, 9.17) is 26.1 Å². The number of benzene rings is 1. The van der Waals surface area contributed by atoms with E-state index in [1.54, 1.807) is 11.6 Å². The highest BCUT2D eigenvalue weighted by atomic mass is 35.5. The molecule has 208 valence electrons. The van der Waals surface area contributed by atoms with Crippen molar-refractivity contribution < 1.29 is 32.2 Å². The van der Waals surface area contributed by atoms with Crippen molar-refractivity contribution in [1.82, 2.24) is 24.6 Å². The summed E-state index contributed by atoms with van der Waals surface area (Å²) in [7, 11) is 1.22. The number of alkyl halides is 2. The molecule has 0 bridgehead atoms. The van der Waals surface area contributed by atoms with E-state index in [2.05, 4.69) is 10.1 Å². The predicted molar refractivity (Wildman–Crippen MR) is 137 cm³/mol. The minimum atomic E-state index is -2.88. The third-order valence-electron chi connectivity index (χ3n) is 7.10. The summed E-state index contributed by atoms with van der Waals surface area (Å²) in [5.41, 5.74) is 0.684. The maximum absolute atomic E-state index is 14.0. The van der Waals surface area contributed by atoms with Crippen LogP contribution in [0.4, 0.5) is 18.0 Å². The number of esters is 1. The summed E-state index contributed by atoms with van der Waals surface area (Å²) in [6.45, 7) is -3.09. The first-order valence-corrected chi connectivity index (χ1v) is 13.2. The van der Waals surface area contributed by atoms with Gasteiger partial charge in [0, 0.05) is 46.1 Å². The number of aromatic nitrogens is 3. The number of hydrogen-bond donors (Lipinski definition) is 0. The van der Waals surface area contributed by atoms with Gasteiger partial charge in [-0.25, -0.2) is 18.9 Å². The van der Waals surface area contributed by atoms with Gasteiger partial charge in [0.15, 0.2) is 10.8 Å². The first-order valence-electron chi connectivity index (χ1n) is 12.0. The molecule has 0 unspecified atom stereocenters. The summed E-state index contributed by atoms with van der Waals surface area (Å²) in [6, 6.07) is 4.45. The number of carbonyl (C=O) groups is 2. The lowest BCUT2D eigenvalue weighted by atomic mass is 9.90. The number of cyclic esters (lactones) is 1. The van der Waals surface area contributed by atoms with Crippen molar-refractivity contribution in [3.05, 3.63) is 74.8 Å². The molecule has 5 heterocycles. The standard InChI is InChI=1S/C25H20ClF3N6O4S/c1-38-18(36)10-34-24(37)39-12-25(34)9-17-19(16-4-6-35(32-16)23(28)29)20(14-3-2-13(27)8-15(14)26)31-21(33(17)11-25)22-30-5-7-40-22/h2-8,20,23H,9-12H2,1H3/t20-,25-/m0/s1. The van der Waals surface area contributed by atoms with Crippen LogP contribution >= 0.6 is 22.9 Å². The van der Waals surface area contributed by atoms with Gasteiger partial charge in [0.05, 0.1) is 19.3 Å². The minimum absolute atomic E-state index is 0.0330. The van der Waals surface area contributed by atoms with E-state index >= 15 is 0 Å². The third-order valence-corrected chi connectivity index (χ3v) is 8.20. The quantitative estimate of drug-likeness (QED) is 0.388. The lowest BCUT2D eigenvalue weighted by molar-refractivity contribution is -0.142. The topological polar surface area (TPSA) is 102 Å². The second-order valence-electron chi connectivity index (χ2n) is 9.38. The van der Waals surface area contributed by atoms with Crippen molar-refractivity contribution in [3.8, 4) is 0 Å². The van der Waals surface area contributed by atoms with E-state index in [1.807, 2.05) is 4.90 Å². The van der Waals surface area contributed by atoms with Crippen molar-refractivity contribution in [2.45, 2.75) is 24.6 Å². The first kappa shape index (κ1) is 26.3. The number of nitrogens with zero attached hydrogens (tertiary/aromatic N) is 6. The van der Waals surface area contributed by atoms with Gasteiger partial charge in [0.1, 0.15) is 30.5 Å². The summed E-state index contributed by atoms with van der Waals surface area (Å²) in [5.74, 6) is -0.731. The number of ether oxygens (including phenoxy) is 2. The molecule has 1 aromatic carbocycles. The van der Waals surface area contributed by atoms with Crippen LogP contribution in [0.15, 0.2) is 52.7 Å².